The molecule has 3 N–H and O–H groups in total. The number of benzene rings is 1. The highest BCUT2D eigenvalue weighted by Gasteiger charge is 2.13. The van der Waals surface area contributed by atoms with Crippen LogP contribution in [0, 0.1) is 6.92 Å². The standard InChI is InChI=1S/C17H25N5O2S/c1-12-20-21-16(22(12)18)25-11-15(23)19-9-10-24-14-7-5-13(6-8-14)17(2,3)4/h5-8H,9-11,18H2,1-4H3,(H,19,23). The van der Waals surface area contributed by atoms with Crippen molar-refractivity contribution in [2.75, 3.05) is 24.7 Å². The molecular formula is C17H25N5O2S. The first kappa shape index (κ1) is 19.1. The molecule has 0 aliphatic rings. The minimum atomic E-state index is -0.0997. The van der Waals surface area contributed by atoms with Gasteiger partial charge in [0.15, 0.2) is 0 Å². The van der Waals surface area contributed by atoms with Crippen molar-refractivity contribution < 1.29 is 9.53 Å². The Hall–Kier alpha value is -2.22. The highest BCUT2D eigenvalue weighted by Crippen LogP contribution is 2.24. The van der Waals surface area contributed by atoms with Crippen LogP contribution in [0.1, 0.15) is 32.2 Å². The van der Waals surface area contributed by atoms with E-state index in [1.807, 2.05) is 12.1 Å². The number of rotatable bonds is 7. The van der Waals surface area contributed by atoms with Gasteiger partial charge in [0, 0.05) is 0 Å². The molecule has 136 valence electrons. The molecule has 0 saturated carbocycles. The van der Waals surface area contributed by atoms with Gasteiger partial charge in [-0.2, -0.15) is 0 Å². The molecule has 0 aliphatic heterocycles. The summed E-state index contributed by atoms with van der Waals surface area (Å²) in [4.78, 5) is 11.8. The van der Waals surface area contributed by atoms with E-state index in [0.29, 0.717) is 24.1 Å². The average molecular weight is 363 g/mol. The fraction of sp³-hybridized carbons (Fsp3) is 0.471. The van der Waals surface area contributed by atoms with E-state index < -0.39 is 0 Å². The molecular weight excluding hydrogens is 338 g/mol. The number of amides is 1. The Morgan fingerprint density at radius 1 is 1.28 bits per heavy atom. The van der Waals surface area contributed by atoms with Crippen molar-refractivity contribution in [3.05, 3.63) is 35.7 Å². The fourth-order valence-electron chi connectivity index (χ4n) is 2.04. The molecule has 1 heterocycles. The van der Waals surface area contributed by atoms with E-state index >= 15 is 0 Å². The highest BCUT2D eigenvalue weighted by atomic mass is 32.2. The molecule has 0 saturated heterocycles. The Balaban J connectivity index is 1.67. The third kappa shape index (κ3) is 5.67. The van der Waals surface area contributed by atoms with Gasteiger partial charge in [0.1, 0.15) is 18.2 Å². The van der Waals surface area contributed by atoms with Crippen LogP contribution in [0.15, 0.2) is 29.4 Å². The van der Waals surface area contributed by atoms with Crippen LogP contribution in [0.4, 0.5) is 0 Å². The topological polar surface area (TPSA) is 95.1 Å². The maximum Gasteiger partial charge on any atom is 0.230 e. The molecule has 7 nitrogen and oxygen atoms in total. The summed E-state index contributed by atoms with van der Waals surface area (Å²) in [5.41, 5.74) is 1.38. The van der Waals surface area contributed by atoms with Crippen LogP contribution in [0.25, 0.3) is 0 Å². The minimum Gasteiger partial charge on any atom is -0.492 e. The highest BCUT2D eigenvalue weighted by molar-refractivity contribution is 7.99. The third-order valence-electron chi connectivity index (χ3n) is 3.58. The Kier molecular flexibility index (Phi) is 6.30. The Morgan fingerprint density at radius 2 is 1.96 bits per heavy atom. The molecule has 2 rings (SSSR count). The molecule has 0 atom stereocenters. The zero-order valence-electron chi connectivity index (χ0n) is 15.1. The quantitative estimate of drug-likeness (QED) is 0.443. The van der Waals surface area contributed by atoms with Gasteiger partial charge in [-0.15, -0.1) is 10.2 Å². The van der Waals surface area contributed by atoms with Gasteiger partial charge in [-0.3, -0.25) is 4.79 Å². The maximum atomic E-state index is 11.8. The van der Waals surface area contributed by atoms with Gasteiger partial charge in [-0.25, -0.2) is 4.68 Å². The SMILES string of the molecule is Cc1nnc(SCC(=O)NCCOc2ccc(C(C)(C)C)cc2)n1N. The molecule has 0 aliphatic carbocycles. The van der Waals surface area contributed by atoms with Crippen LogP contribution < -0.4 is 15.9 Å². The molecule has 8 heteroatoms. The smallest absolute Gasteiger partial charge is 0.230 e. The number of hydrogen-bond acceptors (Lipinski definition) is 6. The van der Waals surface area contributed by atoms with Crippen LogP contribution in [0.3, 0.4) is 0 Å². The number of carbonyl (C=O) groups excluding carboxylic acids is 1. The number of ether oxygens (including phenoxy) is 1. The summed E-state index contributed by atoms with van der Waals surface area (Å²) in [5, 5.41) is 11.1. The zero-order chi connectivity index (χ0) is 18.4. The zero-order valence-corrected chi connectivity index (χ0v) is 15.9. The Morgan fingerprint density at radius 3 is 2.52 bits per heavy atom. The van der Waals surface area contributed by atoms with Gasteiger partial charge in [0.25, 0.3) is 0 Å². The molecule has 1 aromatic heterocycles. The third-order valence-corrected chi connectivity index (χ3v) is 4.52. The van der Waals surface area contributed by atoms with Gasteiger partial charge in [-0.05, 0) is 30.0 Å². The van der Waals surface area contributed by atoms with Gasteiger partial charge in [0.2, 0.25) is 11.1 Å². The summed E-state index contributed by atoms with van der Waals surface area (Å²) in [5.74, 6) is 7.26. The van der Waals surface area contributed by atoms with Crippen molar-refractivity contribution in [1.29, 1.82) is 0 Å². The maximum absolute atomic E-state index is 11.8. The summed E-state index contributed by atoms with van der Waals surface area (Å²) in [6.07, 6.45) is 0. The molecule has 0 unspecified atom stereocenters. The molecule has 0 bridgehead atoms. The van der Waals surface area contributed by atoms with Gasteiger partial charge in [-0.1, -0.05) is 44.7 Å². The molecule has 25 heavy (non-hydrogen) atoms. The fourth-order valence-corrected chi connectivity index (χ4v) is 2.77. The van der Waals surface area contributed by atoms with E-state index in [1.165, 1.54) is 22.0 Å². The predicted octanol–water partition coefficient (Wildman–Crippen LogP) is 1.89. The van der Waals surface area contributed by atoms with Gasteiger partial charge >= 0.3 is 0 Å². The van der Waals surface area contributed by atoms with Crippen molar-refractivity contribution in [3.63, 3.8) is 0 Å². The van der Waals surface area contributed by atoms with E-state index in [9.17, 15) is 4.79 Å². The summed E-state index contributed by atoms with van der Waals surface area (Å²) in [6.45, 7) is 9.12. The lowest BCUT2D eigenvalue weighted by Crippen LogP contribution is -2.29. The molecule has 0 fully saturated rings. The van der Waals surface area contributed by atoms with Gasteiger partial charge < -0.3 is 15.9 Å². The van der Waals surface area contributed by atoms with Crippen LogP contribution in [0.2, 0.25) is 0 Å². The largest absolute Gasteiger partial charge is 0.492 e. The van der Waals surface area contributed by atoms with Crippen LogP contribution in [-0.2, 0) is 10.2 Å². The normalized spacial score (nSPS) is 11.4. The van der Waals surface area contributed by atoms with Crippen LogP contribution in [-0.4, -0.2) is 39.7 Å². The monoisotopic (exact) mass is 363 g/mol. The minimum absolute atomic E-state index is 0.0997. The Labute approximate surface area is 152 Å². The molecule has 1 amide bonds. The van der Waals surface area contributed by atoms with Crippen molar-refractivity contribution >= 4 is 17.7 Å². The van der Waals surface area contributed by atoms with E-state index in [2.05, 4.69) is 48.4 Å². The van der Waals surface area contributed by atoms with Crippen molar-refractivity contribution in [2.24, 2.45) is 0 Å². The number of aryl methyl sites for hydroxylation is 1. The second kappa shape index (κ2) is 8.24. The second-order valence-corrected chi connectivity index (χ2v) is 7.60. The summed E-state index contributed by atoms with van der Waals surface area (Å²) >= 11 is 1.25. The first-order chi connectivity index (χ1) is 11.8. The average Bonchev–Trinajstić information content (AvgIpc) is 2.88. The van der Waals surface area contributed by atoms with Crippen LogP contribution >= 0.6 is 11.8 Å². The number of hydrogen-bond donors (Lipinski definition) is 2. The van der Waals surface area contributed by atoms with Crippen molar-refractivity contribution in [3.8, 4) is 5.75 Å². The lowest BCUT2D eigenvalue weighted by Gasteiger charge is -2.19. The molecule has 0 radical (unpaired) electrons. The summed E-state index contributed by atoms with van der Waals surface area (Å²) in [7, 11) is 0. The predicted molar refractivity (Wildman–Crippen MR) is 99.3 cm³/mol. The number of carbonyl (C=O) groups is 1. The van der Waals surface area contributed by atoms with Crippen molar-refractivity contribution in [1.82, 2.24) is 20.2 Å². The van der Waals surface area contributed by atoms with E-state index in [0.717, 1.165) is 5.75 Å². The lowest BCUT2D eigenvalue weighted by atomic mass is 9.87. The number of nitrogens with zero attached hydrogens (tertiary/aromatic N) is 3. The van der Waals surface area contributed by atoms with Crippen molar-refractivity contribution in [2.45, 2.75) is 38.3 Å². The lowest BCUT2D eigenvalue weighted by molar-refractivity contribution is -0.118. The van der Waals surface area contributed by atoms with E-state index in [1.54, 1.807) is 6.92 Å². The second-order valence-electron chi connectivity index (χ2n) is 6.66. The first-order valence-corrected chi connectivity index (χ1v) is 9.06. The number of nitrogens with one attached hydrogen (secondary N) is 1. The van der Waals surface area contributed by atoms with Gasteiger partial charge in [0.05, 0.1) is 12.3 Å². The number of nitrogen functional groups attached to an aromatic ring is 1. The Bertz CT molecular complexity index is 707. The van der Waals surface area contributed by atoms with E-state index in [-0.39, 0.29) is 17.1 Å². The number of nitrogens with two attached hydrogens (primary N) is 1. The molecule has 0 spiro atoms. The summed E-state index contributed by atoms with van der Waals surface area (Å²) in [6, 6.07) is 8.04. The number of aromatic nitrogens is 3. The van der Waals surface area contributed by atoms with Crippen LogP contribution in [0.5, 0.6) is 5.75 Å². The van der Waals surface area contributed by atoms with E-state index in [4.69, 9.17) is 10.6 Å². The molecule has 1 aromatic carbocycles. The molecule has 2 aromatic rings. The first-order valence-electron chi connectivity index (χ1n) is 8.07. The number of thioether (sulfide) groups is 1. The summed E-state index contributed by atoms with van der Waals surface area (Å²) < 4.78 is 7.00.